The summed E-state index contributed by atoms with van der Waals surface area (Å²) in [6.45, 7) is 17.3. The predicted molar refractivity (Wildman–Crippen MR) is 62.9 cm³/mol. The van der Waals surface area contributed by atoms with Gasteiger partial charge in [-0.15, -0.1) is 0 Å². The molecule has 0 saturated carbocycles. The highest BCUT2D eigenvalue weighted by Gasteiger charge is 2.32. The Morgan fingerprint density at radius 1 is 0.818 bits per heavy atom. The zero-order valence-corrected chi connectivity index (χ0v) is 12.6. The van der Waals surface area contributed by atoms with E-state index in [-0.39, 0.29) is 9.68 Å². The summed E-state index contributed by atoms with van der Waals surface area (Å²) in [5, 5.41) is 0. The quantitative estimate of drug-likeness (QED) is 0.638. The summed E-state index contributed by atoms with van der Waals surface area (Å²) in [7, 11) is -1.85. The van der Waals surface area contributed by atoms with Gasteiger partial charge in [0.15, 0.2) is 0 Å². The van der Waals surface area contributed by atoms with Gasteiger partial charge < -0.3 is 3.90 Å². The summed E-state index contributed by atoms with van der Waals surface area (Å²) >= 11 is 0. The zero-order chi connectivity index (χ0) is 9.28. The van der Waals surface area contributed by atoms with Gasteiger partial charge in [-0.1, -0.05) is 45.8 Å². The molecule has 0 unspecified atom stereocenters. The molecule has 4 heteroatoms. The Hall–Kier alpha value is 0.611. The van der Waals surface area contributed by atoms with Gasteiger partial charge in [0.05, 0.1) is 9.68 Å². The number of hydrogen-bond acceptors (Lipinski definition) is 1. The Morgan fingerprint density at radius 3 is 1.09 bits per heavy atom. The second-order valence-corrected chi connectivity index (χ2v) is 17.8. The van der Waals surface area contributed by atoms with Crippen molar-refractivity contribution in [1.82, 2.24) is 3.90 Å². The Kier molecular flexibility index (Phi) is 3.75. The van der Waals surface area contributed by atoms with Gasteiger partial charge in [0.2, 0.25) is 0 Å². The van der Waals surface area contributed by atoms with E-state index < -0.39 is 16.5 Å². The lowest BCUT2D eigenvalue weighted by Gasteiger charge is -2.43. The summed E-state index contributed by atoms with van der Waals surface area (Å²) in [5.74, 6) is 0. The van der Waals surface area contributed by atoms with Gasteiger partial charge >= 0.3 is 0 Å². The molecule has 0 heterocycles. The van der Waals surface area contributed by atoms with Crippen LogP contribution in [-0.2, 0) is 0 Å². The molecule has 0 aliphatic rings. The molecule has 1 nitrogen and oxygen atoms in total. The maximum absolute atomic E-state index is 2.92. The molecule has 0 N–H and O–H groups in total. The van der Waals surface area contributed by atoms with Crippen molar-refractivity contribution < 1.29 is 0 Å². The van der Waals surface area contributed by atoms with Crippen molar-refractivity contribution in [3.05, 3.63) is 0 Å². The van der Waals surface area contributed by atoms with E-state index >= 15 is 0 Å². The second-order valence-electron chi connectivity index (χ2n) is 5.09. The lowest BCUT2D eigenvalue weighted by molar-refractivity contribution is 0.955. The fourth-order valence-corrected chi connectivity index (χ4v) is 17.6. The van der Waals surface area contributed by atoms with Crippen LogP contribution in [0.1, 0.15) is 0 Å². The van der Waals surface area contributed by atoms with Gasteiger partial charge in [-0.05, 0) is 0 Å². The minimum absolute atomic E-state index is 0.0764. The van der Waals surface area contributed by atoms with Gasteiger partial charge in [-0.25, -0.2) is 0 Å². The summed E-state index contributed by atoms with van der Waals surface area (Å²) in [5.41, 5.74) is 0. The van der Waals surface area contributed by atoms with Gasteiger partial charge in [-0.2, -0.15) is 0 Å². The van der Waals surface area contributed by atoms with E-state index in [1.165, 1.54) is 0 Å². The van der Waals surface area contributed by atoms with E-state index in [1.807, 2.05) is 0 Å². The number of nitrogens with zero attached hydrogens (tertiary/aromatic N) is 1. The zero-order valence-electron chi connectivity index (χ0n) is 9.15. The summed E-state index contributed by atoms with van der Waals surface area (Å²) in [6, 6.07) is 0. The third-order valence-electron chi connectivity index (χ3n) is 1.94. The molecule has 0 saturated heterocycles. The maximum Gasteiger partial charge on any atom is 0.105 e. The molecule has 0 rings (SSSR count). The third kappa shape index (κ3) is 3.69. The molecular weight excluding hydrogens is 182 g/mol. The molecule has 0 aromatic heterocycles. The van der Waals surface area contributed by atoms with Crippen molar-refractivity contribution in [2.45, 2.75) is 45.8 Å². The monoisotopic (exact) mass is 205 g/mol. The topological polar surface area (TPSA) is 3.24 Å². The molecular formula is C7H23NSi3. The smallest absolute Gasteiger partial charge is 0.105 e. The van der Waals surface area contributed by atoms with Crippen LogP contribution in [0.3, 0.4) is 0 Å². The minimum Gasteiger partial charge on any atom is -0.374 e. The van der Waals surface area contributed by atoms with Crippen LogP contribution < -0.4 is 0 Å². The highest BCUT2D eigenvalue weighted by molar-refractivity contribution is 6.95. The second kappa shape index (κ2) is 3.55. The molecule has 0 aliphatic heterocycles. The van der Waals surface area contributed by atoms with Crippen LogP contribution in [0.25, 0.3) is 0 Å². The lowest BCUT2D eigenvalue weighted by atomic mass is 11.8. The number of hydrogen-bond donors (Lipinski definition) is 0. The Labute approximate surface area is 76.3 Å². The van der Waals surface area contributed by atoms with Crippen molar-refractivity contribution in [2.24, 2.45) is 0 Å². The van der Waals surface area contributed by atoms with Crippen LogP contribution in [0.5, 0.6) is 0 Å². The Bertz CT molecular complexity index is 109. The molecule has 0 spiro atoms. The van der Waals surface area contributed by atoms with Crippen molar-refractivity contribution in [3.63, 3.8) is 0 Å². The largest absolute Gasteiger partial charge is 0.374 e. The molecule has 0 fully saturated rings. The van der Waals surface area contributed by atoms with Crippen LogP contribution in [0, 0.1) is 0 Å². The summed E-state index contributed by atoms with van der Waals surface area (Å²) in [6.07, 6.45) is 0. The number of rotatable bonds is 3. The Morgan fingerprint density at radius 2 is 1.09 bits per heavy atom. The fourth-order valence-electron chi connectivity index (χ4n) is 1.95. The van der Waals surface area contributed by atoms with Gasteiger partial charge in [0, 0.05) is 0 Å². The van der Waals surface area contributed by atoms with Crippen LogP contribution >= 0.6 is 0 Å². The van der Waals surface area contributed by atoms with Crippen LogP contribution in [0.4, 0.5) is 0 Å². The summed E-state index contributed by atoms with van der Waals surface area (Å²) in [4.78, 5) is 0. The SMILES string of the molecule is C[SiH2]N([Si](C)(C)C)[Si](C)(C)C. The first-order chi connectivity index (χ1) is 4.69. The van der Waals surface area contributed by atoms with Crippen LogP contribution in [-0.4, -0.2) is 30.0 Å². The predicted octanol–water partition coefficient (Wildman–Crippen LogP) is 2.09. The van der Waals surface area contributed by atoms with Crippen molar-refractivity contribution in [1.29, 1.82) is 0 Å². The summed E-state index contributed by atoms with van der Waals surface area (Å²) < 4.78 is 2.92. The third-order valence-corrected chi connectivity index (χ3v) is 17.4. The molecule has 11 heavy (non-hydrogen) atoms. The Balaban J connectivity index is 4.43. The highest BCUT2D eigenvalue weighted by Crippen LogP contribution is 2.17. The molecule has 0 aliphatic carbocycles. The van der Waals surface area contributed by atoms with Gasteiger partial charge in [-0.3, -0.25) is 0 Å². The average molecular weight is 206 g/mol. The first-order valence-corrected chi connectivity index (χ1v) is 13.4. The van der Waals surface area contributed by atoms with Crippen molar-refractivity contribution >= 4 is 26.2 Å². The molecule has 0 amide bonds. The lowest BCUT2D eigenvalue weighted by Crippen LogP contribution is -2.60. The first-order valence-electron chi connectivity index (χ1n) is 4.47. The van der Waals surface area contributed by atoms with Crippen molar-refractivity contribution in [2.75, 3.05) is 0 Å². The average Bonchev–Trinajstić information content (AvgIpc) is 1.56. The maximum atomic E-state index is 2.92. The van der Waals surface area contributed by atoms with Crippen LogP contribution in [0.15, 0.2) is 0 Å². The molecule has 68 valence electrons. The first kappa shape index (κ1) is 11.6. The van der Waals surface area contributed by atoms with Crippen LogP contribution in [0.2, 0.25) is 45.8 Å². The van der Waals surface area contributed by atoms with E-state index in [9.17, 15) is 0 Å². The van der Waals surface area contributed by atoms with E-state index in [0.29, 0.717) is 0 Å². The van der Waals surface area contributed by atoms with E-state index in [0.717, 1.165) is 0 Å². The fraction of sp³-hybridized carbons (Fsp3) is 1.00. The highest BCUT2D eigenvalue weighted by atomic mass is 28.5. The standard InChI is InChI=1S/C7H23NSi3/c1-9-8(10(2,3)4)11(5,6)7/h9H2,1-7H3. The molecule has 0 atom stereocenters. The van der Waals surface area contributed by atoms with Gasteiger partial charge in [0.25, 0.3) is 0 Å². The van der Waals surface area contributed by atoms with E-state index in [2.05, 4.69) is 49.7 Å². The molecule has 0 radical (unpaired) electrons. The molecule has 0 aromatic rings. The normalized spacial score (nSPS) is 15.3. The molecule has 0 aromatic carbocycles. The van der Waals surface area contributed by atoms with E-state index in [1.54, 1.807) is 0 Å². The molecule has 0 bridgehead atoms. The van der Waals surface area contributed by atoms with Gasteiger partial charge in [0.1, 0.15) is 16.5 Å². The minimum atomic E-state index is -0.965. The van der Waals surface area contributed by atoms with Crippen molar-refractivity contribution in [3.8, 4) is 0 Å². The van der Waals surface area contributed by atoms with E-state index in [4.69, 9.17) is 0 Å².